The first-order valence-electron chi connectivity index (χ1n) is 6.63. The van der Waals surface area contributed by atoms with E-state index in [4.69, 9.17) is 26.8 Å². The van der Waals surface area contributed by atoms with Gasteiger partial charge in [-0.25, -0.2) is 4.98 Å². The lowest BCUT2D eigenvalue weighted by Crippen LogP contribution is -2.15. The van der Waals surface area contributed by atoms with Crippen molar-refractivity contribution in [3.05, 3.63) is 35.2 Å². The number of hydrogen-bond donors (Lipinski definition) is 2. The summed E-state index contributed by atoms with van der Waals surface area (Å²) in [4.78, 5) is 7.86. The van der Waals surface area contributed by atoms with E-state index < -0.39 is 0 Å². The van der Waals surface area contributed by atoms with Crippen LogP contribution in [0.25, 0.3) is 0 Å². The first-order chi connectivity index (χ1) is 10.2. The van der Waals surface area contributed by atoms with Gasteiger partial charge >= 0.3 is 0 Å². The second kappa shape index (κ2) is 6.05. The van der Waals surface area contributed by atoms with Crippen LogP contribution >= 0.6 is 11.6 Å². The van der Waals surface area contributed by atoms with Crippen LogP contribution in [0.3, 0.4) is 0 Å². The first-order valence-corrected chi connectivity index (χ1v) is 7.00. The van der Waals surface area contributed by atoms with Gasteiger partial charge in [0.15, 0.2) is 17.3 Å². The molecule has 1 aromatic carbocycles. The maximum Gasteiger partial charge on any atom is 0.224 e. The maximum absolute atomic E-state index is 5.78. The van der Waals surface area contributed by atoms with E-state index in [1.165, 1.54) is 6.20 Å². The van der Waals surface area contributed by atoms with E-state index in [-0.39, 0.29) is 5.28 Å². The topological polar surface area (TPSA) is 82.3 Å². The summed E-state index contributed by atoms with van der Waals surface area (Å²) < 4.78 is 11.1. The molecule has 0 saturated heterocycles. The van der Waals surface area contributed by atoms with Crippen molar-refractivity contribution in [1.82, 2.24) is 9.97 Å². The predicted octanol–water partition coefficient (Wildman–Crippen LogP) is 2.14. The molecule has 0 radical (unpaired) electrons. The van der Waals surface area contributed by atoms with Crippen LogP contribution in [-0.4, -0.2) is 29.7 Å². The van der Waals surface area contributed by atoms with Crippen LogP contribution in [0.1, 0.15) is 5.56 Å². The van der Waals surface area contributed by atoms with Gasteiger partial charge in [-0.1, -0.05) is 6.07 Å². The monoisotopic (exact) mass is 306 g/mol. The highest BCUT2D eigenvalue weighted by Gasteiger charge is 2.11. The Bertz CT molecular complexity index is 651. The van der Waals surface area contributed by atoms with Gasteiger partial charge in [-0.3, -0.25) is 0 Å². The lowest BCUT2D eigenvalue weighted by molar-refractivity contribution is 0.171. The van der Waals surface area contributed by atoms with Gasteiger partial charge in [-0.05, 0) is 35.7 Å². The number of rotatable bonds is 4. The number of hydrogen-bond acceptors (Lipinski definition) is 6. The van der Waals surface area contributed by atoms with Gasteiger partial charge in [0.05, 0.1) is 11.9 Å². The molecule has 1 aromatic heterocycles. The maximum atomic E-state index is 5.78. The van der Waals surface area contributed by atoms with Crippen LogP contribution in [0.2, 0.25) is 5.28 Å². The number of nitrogens with one attached hydrogen (secondary N) is 1. The first kappa shape index (κ1) is 13.8. The van der Waals surface area contributed by atoms with Crippen molar-refractivity contribution in [3.63, 3.8) is 0 Å². The molecule has 0 saturated carbocycles. The SMILES string of the molecule is Nc1cnc(Cl)nc1NCCc1ccc2c(c1)OCCO2. The fraction of sp³-hybridized carbons (Fsp3) is 0.286. The Morgan fingerprint density at radius 2 is 2.05 bits per heavy atom. The Morgan fingerprint density at radius 3 is 2.90 bits per heavy atom. The van der Waals surface area contributed by atoms with Crippen LogP contribution in [0.4, 0.5) is 11.5 Å². The zero-order valence-electron chi connectivity index (χ0n) is 11.3. The van der Waals surface area contributed by atoms with Crippen LogP contribution in [-0.2, 0) is 6.42 Å². The number of ether oxygens (including phenoxy) is 2. The quantitative estimate of drug-likeness (QED) is 0.842. The molecule has 6 nitrogen and oxygen atoms in total. The standard InChI is InChI=1S/C14H15ClN4O2/c15-14-18-8-10(16)13(19-14)17-4-3-9-1-2-11-12(7-9)21-6-5-20-11/h1-2,7-8H,3-6,16H2,(H,17,18,19). The highest BCUT2D eigenvalue weighted by atomic mass is 35.5. The zero-order valence-corrected chi connectivity index (χ0v) is 12.1. The molecule has 3 N–H and O–H groups in total. The van der Waals surface area contributed by atoms with E-state index in [0.29, 0.717) is 31.3 Å². The molecule has 7 heteroatoms. The highest BCUT2D eigenvalue weighted by molar-refractivity contribution is 6.28. The number of halogens is 1. The molecule has 0 bridgehead atoms. The second-order valence-corrected chi connectivity index (χ2v) is 4.94. The Kier molecular flexibility index (Phi) is 3.96. The molecule has 1 aliphatic rings. The van der Waals surface area contributed by atoms with Gasteiger partial charge in [-0.2, -0.15) is 4.98 Å². The minimum atomic E-state index is 0.172. The molecule has 2 heterocycles. The number of benzene rings is 1. The second-order valence-electron chi connectivity index (χ2n) is 4.60. The van der Waals surface area contributed by atoms with Crippen LogP contribution in [0.5, 0.6) is 11.5 Å². The van der Waals surface area contributed by atoms with Gasteiger partial charge in [0.25, 0.3) is 0 Å². The molecule has 110 valence electrons. The number of nitrogen functional groups attached to an aromatic ring is 1. The molecule has 0 atom stereocenters. The number of fused-ring (bicyclic) bond motifs is 1. The summed E-state index contributed by atoms with van der Waals surface area (Å²) >= 11 is 5.74. The third-order valence-electron chi connectivity index (χ3n) is 3.10. The van der Waals surface area contributed by atoms with Crippen LogP contribution in [0, 0.1) is 0 Å². The number of anilines is 2. The molecule has 2 aromatic rings. The smallest absolute Gasteiger partial charge is 0.224 e. The molecule has 0 fully saturated rings. The van der Waals surface area contributed by atoms with E-state index in [0.717, 1.165) is 23.5 Å². The van der Waals surface area contributed by atoms with Crippen molar-refractivity contribution in [2.45, 2.75) is 6.42 Å². The Hall–Kier alpha value is -2.21. The lowest BCUT2D eigenvalue weighted by atomic mass is 10.1. The minimum Gasteiger partial charge on any atom is -0.486 e. The highest BCUT2D eigenvalue weighted by Crippen LogP contribution is 2.30. The van der Waals surface area contributed by atoms with Crippen molar-refractivity contribution >= 4 is 23.1 Å². The van der Waals surface area contributed by atoms with Crippen molar-refractivity contribution in [1.29, 1.82) is 0 Å². The average Bonchev–Trinajstić information content (AvgIpc) is 2.50. The molecule has 0 aliphatic carbocycles. The summed E-state index contributed by atoms with van der Waals surface area (Å²) in [5.74, 6) is 2.14. The Morgan fingerprint density at radius 1 is 1.24 bits per heavy atom. The van der Waals surface area contributed by atoms with Crippen LogP contribution in [0.15, 0.2) is 24.4 Å². The van der Waals surface area contributed by atoms with Crippen molar-refractivity contribution < 1.29 is 9.47 Å². The molecule has 21 heavy (non-hydrogen) atoms. The zero-order chi connectivity index (χ0) is 14.7. The van der Waals surface area contributed by atoms with Gasteiger partial charge in [0, 0.05) is 6.54 Å². The number of aromatic nitrogens is 2. The largest absolute Gasteiger partial charge is 0.486 e. The summed E-state index contributed by atoms with van der Waals surface area (Å²) in [5.41, 5.74) is 7.39. The lowest BCUT2D eigenvalue weighted by Gasteiger charge is -2.19. The Labute approximate surface area is 127 Å². The minimum absolute atomic E-state index is 0.172. The van der Waals surface area contributed by atoms with E-state index in [1.54, 1.807) is 0 Å². The van der Waals surface area contributed by atoms with Gasteiger partial charge in [0.2, 0.25) is 5.28 Å². The van der Waals surface area contributed by atoms with Gasteiger partial charge in [-0.15, -0.1) is 0 Å². The van der Waals surface area contributed by atoms with E-state index in [9.17, 15) is 0 Å². The number of nitrogens with zero attached hydrogens (tertiary/aromatic N) is 2. The van der Waals surface area contributed by atoms with Crippen LogP contribution < -0.4 is 20.5 Å². The molecular formula is C14H15ClN4O2. The predicted molar refractivity (Wildman–Crippen MR) is 81.1 cm³/mol. The molecule has 0 spiro atoms. The third-order valence-corrected chi connectivity index (χ3v) is 3.28. The molecule has 0 amide bonds. The van der Waals surface area contributed by atoms with E-state index >= 15 is 0 Å². The van der Waals surface area contributed by atoms with Gasteiger partial charge in [0.1, 0.15) is 13.2 Å². The van der Waals surface area contributed by atoms with E-state index in [2.05, 4.69) is 15.3 Å². The summed E-state index contributed by atoms with van der Waals surface area (Å²) in [6, 6.07) is 5.94. The summed E-state index contributed by atoms with van der Waals surface area (Å²) in [7, 11) is 0. The van der Waals surface area contributed by atoms with Crippen molar-refractivity contribution in [3.8, 4) is 11.5 Å². The molecule has 0 unspecified atom stereocenters. The Balaban J connectivity index is 1.61. The molecule has 1 aliphatic heterocycles. The number of nitrogens with two attached hydrogens (primary N) is 1. The summed E-state index contributed by atoms with van der Waals surface area (Å²) in [5, 5.41) is 3.32. The molecular weight excluding hydrogens is 292 g/mol. The van der Waals surface area contributed by atoms with Crippen molar-refractivity contribution in [2.75, 3.05) is 30.8 Å². The fourth-order valence-electron chi connectivity index (χ4n) is 2.08. The summed E-state index contributed by atoms with van der Waals surface area (Å²) in [6.45, 7) is 1.86. The summed E-state index contributed by atoms with van der Waals surface area (Å²) in [6.07, 6.45) is 2.29. The average molecular weight is 307 g/mol. The van der Waals surface area contributed by atoms with Crippen molar-refractivity contribution in [2.24, 2.45) is 0 Å². The van der Waals surface area contributed by atoms with Gasteiger partial charge < -0.3 is 20.5 Å². The molecule has 3 rings (SSSR count). The normalized spacial score (nSPS) is 13.0. The fourth-order valence-corrected chi connectivity index (χ4v) is 2.21. The third kappa shape index (κ3) is 3.28. The van der Waals surface area contributed by atoms with E-state index in [1.807, 2.05) is 18.2 Å².